The van der Waals surface area contributed by atoms with Crippen LogP contribution in [-0.2, 0) is 9.53 Å². The molecule has 3 aromatic rings. The van der Waals surface area contributed by atoms with E-state index >= 15 is 8.78 Å². The molecule has 228 valence electrons. The minimum atomic E-state index is -4.91. The predicted molar refractivity (Wildman–Crippen MR) is 142 cm³/mol. The molecule has 5 rings (SSSR count). The number of hydrogen-bond acceptors (Lipinski definition) is 6. The molecule has 2 aliphatic rings. The van der Waals surface area contributed by atoms with Crippen LogP contribution in [0.3, 0.4) is 0 Å². The van der Waals surface area contributed by atoms with Gasteiger partial charge in [-0.2, -0.15) is 0 Å². The zero-order chi connectivity index (χ0) is 31.1. The number of nitrogens with zero attached hydrogens (tertiary/aromatic N) is 2. The first-order chi connectivity index (χ1) is 20.4. The van der Waals surface area contributed by atoms with Crippen LogP contribution in [-0.4, -0.2) is 56.2 Å². The summed E-state index contributed by atoms with van der Waals surface area (Å²) in [6, 6.07) is 7.48. The van der Waals surface area contributed by atoms with Gasteiger partial charge in [-0.25, -0.2) is 8.78 Å². The van der Waals surface area contributed by atoms with Gasteiger partial charge in [-0.1, -0.05) is 0 Å². The minimum Gasteiger partial charge on any atom is -0.497 e. The number of carbonyl (C=O) groups excluding carboxylic acids is 2. The molecule has 43 heavy (non-hydrogen) atoms. The van der Waals surface area contributed by atoms with Crippen LogP contribution in [0.5, 0.6) is 11.5 Å². The summed E-state index contributed by atoms with van der Waals surface area (Å²) >= 11 is 0. The molecular weight excluding hydrogens is 581 g/mol. The first kappa shape index (κ1) is 30.0. The number of anilines is 1. The predicted octanol–water partition coefficient (Wildman–Crippen LogP) is 4.09. The molecular formula is C29H26F5N3O6. The van der Waals surface area contributed by atoms with Crippen molar-refractivity contribution in [2.24, 2.45) is 5.92 Å². The Balaban J connectivity index is 1.46. The molecule has 2 saturated heterocycles. The van der Waals surface area contributed by atoms with E-state index in [2.05, 4.69) is 10.1 Å². The molecule has 14 heteroatoms. The number of benzene rings is 2. The maximum Gasteiger partial charge on any atom is 0.573 e. The van der Waals surface area contributed by atoms with Crippen LogP contribution < -0.4 is 25.2 Å². The molecule has 2 atom stereocenters. The molecule has 9 nitrogen and oxygen atoms in total. The average molecular weight is 608 g/mol. The fourth-order valence-electron chi connectivity index (χ4n) is 5.28. The highest BCUT2D eigenvalue weighted by Crippen LogP contribution is 2.39. The molecule has 1 unspecified atom stereocenters. The third kappa shape index (κ3) is 6.05. The average Bonchev–Trinajstić information content (AvgIpc) is 3.22. The summed E-state index contributed by atoms with van der Waals surface area (Å²) < 4.78 is 83.3. The standard InChI is InChI=1S/C29H26F5N3O6/c1-15-7-8-36(17-13-42-14-17)28(40)25(15)37-12-21(24-22(30)9-19(41-2)10-23(24)31)20(27(37)39)11-35-26(38)16-3-5-18(6-4-16)43-29(32,33)34/h3-10,17,20-21H,11-14H2,1-2H3,(H,35,38)/t20?,21-/m1/s1. The van der Waals surface area contributed by atoms with E-state index in [-0.39, 0.29) is 36.1 Å². The van der Waals surface area contributed by atoms with Crippen molar-refractivity contribution in [2.45, 2.75) is 25.2 Å². The van der Waals surface area contributed by atoms with E-state index in [1.165, 1.54) is 16.6 Å². The fraction of sp³-hybridized carbons (Fsp3) is 0.345. The van der Waals surface area contributed by atoms with Crippen molar-refractivity contribution in [3.63, 3.8) is 0 Å². The highest BCUT2D eigenvalue weighted by atomic mass is 19.4. The summed E-state index contributed by atoms with van der Waals surface area (Å²) in [5.74, 6) is -6.27. The highest BCUT2D eigenvalue weighted by Gasteiger charge is 2.45. The lowest BCUT2D eigenvalue weighted by atomic mass is 9.87. The number of halogens is 5. The molecule has 2 aliphatic heterocycles. The molecule has 0 bridgehead atoms. The molecule has 0 aliphatic carbocycles. The molecule has 3 heterocycles. The van der Waals surface area contributed by atoms with Crippen molar-refractivity contribution in [1.82, 2.24) is 9.88 Å². The lowest BCUT2D eigenvalue weighted by molar-refractivity contribution is -0.274. The number of alkyl halides is 3. The van der Waals surface area contributed by atoms with Crippen molar-refractivity contribution < 1.29 is 45.8 Å². The summed E-state index contributed by atoms with van der Waals surface area (Å²) in [6.45, 7) is 1.63. The van der Waals surface area contributed by atoms with Crippen LogP contribution in [0.4, 0.5) is 27.6 Å². The molecule has 0 spiro atoms. The highest BCUT2D eigenvalue weighted by molar-refractivity contribution is 6.00. The Morgan fingerprint density at radius 2 is 1.70 bits per heavy atom. The fourth-order valence-corrected chi connectivity index (χ4v) is 5.28. The van der Waals surface area contributed by atoms with E-state index in [1.54, 1.807) is 19.2 Å². The molecule has 0 saturated carbocycles. The maximum absolute atomic E-state index is 15.3. The second kappa shape index (κ2) is 11.7. The summed E-state index contributed by atoms with van der Waals surface area (Å²) in [5.41, 5.74) is -0.407. The molecule has 2 fully saturated rings. The van der Waals surface area contributed by atoms with E-state index in [1.807, 2.05) is 0 Å². The summed E-state index contributed by atoms with van der Waals surface area (Å²) in [5, 5.41) is 2.53. The van der Waals surface area contributed by atoms with Crippen LogP contribution in [0, 0.1) is 24.5 Å². The van der Waals surface area contributed by atoms with E-state index in [4.69, 9.17) is 9.47 Å². The van der Waals surface area contributed by atoms with Crippen molar-refractivity contribution in [2.75, 3.05) is 38.3 Å². The maximum atomic E-state index is 15.3. The third-order valence-corrected chi connectivity index (χ3v) is 7.52. The zero-order valence-corrected chi connectivity index (χ0v) is 22.9. The van der Waals surface area contributed by atoms with Gasteiger partial charge in [-0.3, -0.25) is 14.4 Å². The van der Waals surface area contributed by atoms with Gasteiger partial charge in [0.05, 0.1) is 32.3 Å². The lowest BCUT2D eigenvalue weighted by Crippen LogP contribution is -2.41. The summed E-state index contributed by atoms with van der Waals surface area (Å²) in [6.07, 6.45) is -3.32. The van der Waals surface area contributed by atoms with Gasteiger partial charge >= 0.3 is 6.36 Å². The number of aryl methyl sites for hydroxylation is 1. The van der Waals surface area contributed by atoms with Crippen LogP contribution in [0.25, 0.3) is 0 Å². The van der Waals surface area contributed by atoms with Gasteiger partial charge in [0, 0.05) is 48.5 Å². The number of aromatic nitrogens is 1. The van der Waals surface area contributed by atoms with Crippen molar-refractivity contribution in [3.05, 3.63) is 87.3 Å². The van der Waals surface area contributed by atoms with Gasteiger partial charge in [-0.15, -0.1) is 13.2 Å². The number of hydrogen-bond donors (Lipinski definition) is 1. The Morgan fingerprint density at radius 3 is 2.26 bits per heavy atom. The number of nitrogens with one attached hydrogen (secondary N) is 1. The Morgan fingerprint density at radius 1 is 1.05 bits per heavy atom. The second-order valence-electron chi connectivity index (χ2n) is 10.2. The quantitative estimate of drug-likeness (QED) is 0.388. The normalized spacial score (nSPS) is 18.9. The lowest BCUT2D eigenvalue weighted by Gasteiger charge is -2.29. The molecule has 2 aromatic carbocycles. The zero-order valence-electron chi connectivity index (χ0n) is 22.9. The number of carbonyl (C=O) groups is 2. The van der Waals surface area contributed by atoms with Crippen molar-refractivity contribution in [3.8, 4) is 11.5 Å². The summed E-state index contributed by atoms with van der Waals surface area (Å²) in [7, 11) is 1.24. The Bertz CT molecular complexity index is 1580. The monoisotopic (exact) mass is 607 g/mol. The largest absolute Gasteiger partial charge is 0.573 e. The van der Waals surface area contributed by atoms with E-state index in [0.29, 0.717) is 18.8 Å². The third-order valence-electron chi connectivity index (χ3n) is 7.52. The van der Waals surface area contributed by atoms with Gasteiger partial charge in [0.15, 0.2) is 0 Å². The van der Waals surface area contributed by atoms with E-state index < -0.39 is 58.5 Å². The van der Waals surface area contributed by atoms with Gasteiger partial charge in [-0.05, 0) is 42.8 Å². The van der Waals surface area contributed by atoms with E-state index in [0.717, 1.165) is 36.4 Å². The van der Waals surface area contributed by atoms with Gasteiger partial charge in [0.25, 0.3) is 11.5 Å². The number of methoxy groups -OCH3 is 1. The first-order valence-electron chi connectivity index (χ1n) is 13.2. The number of pyridine rings is 1. The second-order valence-corrected chi connectivity index (χ2v) is 10.2. The van der Waals surface area contributed by atoms with Gasteiger partial charge in [0.2, 0.25) is 5.91 Å². The van der Waals surface area contributed by atoms with Crippen LogP contribution >= 0.6 is 0 Å². The SMILES string of the molecule is COc1cc(F)c([C@@H]2CN(c3c(C)ccn(C4COC4)c3=O)C(=O)C2CNC(=O)c2ccc(OC(F)(F)F)cc2)c(F)c1. The van der Waals surface area contributed by atoms with Gasteiger partial charge in [0.1, 0.15) is 28.8 Å². The summed E-state index contributed by atoms with van der Waals surface area (Å²) in [4.78, 5) is 41.4. The molecule has 1 aromatic heterocycles. The smallest absolute Gasteiger partial charge is 0.497 e. The first-order valence-corrected chi connectivity index (χ1v) is 13.2. The minimum absolute atomic E-state index is 0.0420. The van der Waals surface area contributed by atoms with Crippen LogP contribution in [0.15, 0.2) is 53.5 Å². The van der Waals surface area contributed by atoms with Crippen LogP contribution in [0.2, 0.25) is 0 Å². The molecule has 1 N–H and O–H groups in total. The topological polar surface area (TPSA) is 99.1 Å². The van der Waals surface area contributed by atoms with Crippen molar-refractivity contribution >= 4 is 17.5 Å². The Kier molecular flexibility index (Phi) is 8.14. The Hall–Kier alpha value is -4.46. The Labute approximate surface area is 241 Å². The van der Waals surface area contributed by atoms with Gasteiger partial charge < -0.3 is 29.0 Å². The number of ether oxygens (including phenoxy) is 3. The number of amides is 2. The molecule has 2 amide bonds. The number of rotatable bonds is 8. The van der Waals surface area contributed by atoms with Crippen LogP contribution in [0.1, 0.15) is 33.4 Å². The van der Waals surface area contributed by atoms with E-state index in [9.17, 15) is 27.6 Å². The molecule has 0 radical (unpaired) electrons. The van der Waals surface area contributed by atoms with Crippen molar-refractivity contribution in [1.29, 1.82) is 0 Å².